The molecule has 104 valence electrons. The summed E-state index contributed by atoms with van der Waals surface area (Å²) in [4.78, 5) is 4.59. The van der Waals surface area contributed by atoms with Crippen LogP contribution in [-0.4, -0.2) is 10.7 Å². The van der Waals surface area contributed by atoms with E-state index in [-0.39, 0.29) is 0 Å². The number of halogens is 1. The second-order valence-corrected chi connectivity index (χ2v) is 7.16. The number of thiazole rings is 1. The van der Waals surface area contributed by atoms with Crippen LogP contribution in [0, 0.1) is 9.49 Å². The van der Waals surface area contributed by atoms with Crippen LogP contribution in [0.4, 0.5) is 5.13 Å². The maximum atomic E-state index is 4.59. The summed E-state index contributed by atoms with van der Waals surface area (Å²) in [5.74, 6) is 0.609. The van der Waals surface area contributed by atoms with Crippen LogP contribution in [-0.2, 0) is 0 Å². The summed E-state index contributed by atoms with van der Waals surface area (Å²) in [6, 6.07) is 8.41. The first-order chi connectivity index (χ1) is 9.72. The Hall–Kier alpha value is -0.950. The summed E-state index contributed by atoms with van der Waals surface area (Å²) in [6.07, 6.45) is 3.63. The Morgan fingerprint density at radius 2 is 2.15 bits per heavy atom. The smallest absolute Gasteiger partial charge is 0.203 e. The highest BCUT2D eigenvalue weighted by atomic mass is 127. The summed E-state index contributed by atoms with van der Waals surface area (Å²) in [5.41, 5.74) is 6.54. The van der Waals surface area contributed by atoms with E-state index in [9.17, 15) is 0 Å². The van der Waals surface area contributed by atoms with Gasteiger partial charge in [0.2, 0.25) is 5.13 Å². The second kappa shape index (κ2) is 6.22. The number of aromatic nitrogens is 1. The first kappa shape index (κ1) is 14.0. The van der Waals surface area contributed by atoms with Gasteiger partial charge in [0, 0.05) is 20.2 Å². The van der Waals surface area contributed by atoms with Crippen LogP contribution >= 0.6 is 33.9 Å². The molecular formula is C15H16IN3S. The van der Waals surface area contributed by atoms with E-state index in [0.29, 0.717) is 5.92 Å². The van der Waals surface area contributed by atoms with Gasteiger partial charge in [-0.15, -0.1) is 11.3 Å². The van der Waals surface area contributed by atoms with Crippen molar-refractivity contribution in [1.29, 1.82) is 0 Å². The standard InChI is InChI=1S/C15H16IN3S/c1-10-3-2-4-13(10)18-19-15-17-14(9-20-15)11-5-7-12(16)8-6-11/h5-10H,2-4H2,1H3,(H,17,19)/b18-13+. The molecule has 1 fully saturated rings. The third-order valence-corrected chi connectivity index (χ3v) is 5.04. The lowest BCUT2D eigenvalue weighted by atomic mass is 10.1. The molecule has 1 aromatic carbocycles. The largest absolute Gasteiger partial charge is 0.253 e. The van der Waals surface area contributed by atoms with Gasteiger partial charge in [-0.05, 0) is 59.9 Å². The van der Waals surface area contributed by atoms with Crippen molar-refractivity contribution in [3.63, 3.8) is 0 Å². The van der Waals surface area contributed by atoms with E-state index >= 15 is 0 Å². The van der Waals surface area contributed by atoms with Gasteiger partial charge in [0.15, 0.2) is 0 Å². The van der Waals surface area contributed by atoms with E-state index in [1.54, 1.807) is 11.3 Å². The molecule has 0 saturated heterocycles. The van der Waals surface area contributed by atoms with Gasteiger partial charge >= 0.3 is 0 Å². The van der Waals surface area contributed by atoms with E-state index in [1.807, 2.05) is 0 Å². The number of nitrogens with zero attached hydrogens (tertiary/aromatic N) is 2. The van der Waals surface area contributed by atoms with Crippen molar-refractivity contribution < 1.29 is 0 Å². The summed E-state index contributed by atoms with van der Waals surface area (Å²) < 4.78 is 1.24. The highest BCUT2D eigenvalue weighted by molar-refractivity contribution is 14.1. The minimum Gasteiger partial charge on any atom is -0.253 e. The maximum Gasteiger partial charge on any atom is 0.203 e. The van der Waals surface area contributed by atoms with E-state index in [1.165, 1.54) is 22.1 Å². The molecule has 1 heterocycles. The Morgan fingerprint density at radius 1 is 1.35 bits per heavy atom. The highest BCUT2D eigenvalue weighted by Gasteiger charge is 2.17. The van der Waals surface area contributed by atoms with Gasteiger partial charge in [-0.25, -0.2) is 4.98 Å². The lowest BCUT2D eigenvalue weighted by Gasteiger charge is -2.02. The van der Waals surface area contributed by atoms with Crippen LogP contribution in [0.15, 0.2) is 34.7 Å². The number of rotatable bonds is 3. The van der Waals surface area contributed by atoms with Gasteiger partial charge in [0.25, 0.3) is 0 Å². The number of hydrogen-bond acceptors (Lipinski definition) is 4. The third-order valence-electron chi connectivity index (χ3n) is 3.58. The molecule has 1 saturated carbocycles. The molecule has 1 N–H and O–H groups in total. The first-order valence-corrected chi connectivity index (χ1v) is 8.72. The minimum atomic E-state index is 0.609. The van der Waals surface area contributed by atoms with Crippen LogP contribution in [0.3, 0.4) is 0 Å². The van der Waals surface area contributed by atoms with Crippen molar-refractivity contribution in [3.05, 3.63) is 33.2 Å². The fourth-order valence-corrected chi connectivity index (χ4v) is 3.39. The van der Waals surface area contributed by atoms with Gasteiger partial charge in [-0.3, -0.25) is 5.43 Å². The predicted molar refractivity (Wildman–Crippen MR) is 94.3 cm³/mol. The number of anilines is 1. The molecule has 1 unspecified atom stereocenters. The van der Waals surface area contributed by atoms with Crippen LogP contribution in [0.2, 0.25) is 0 Å². The number of nitrogens with one attached hydrogen (secondary N) is 1. The molecule has 0 radical (unpaired) electrons. The average Bonchev–Trinajstić information content (AvgIpc) is 3.06. The van der Waals surface area contributed by atoms with Gasteiger partial charge < -0.3 is 0 Å². The van der Waals surface area contributed by atoms with Gasteiger partial charge in [0.1, 0.15) is 0 Å². The van der Waals surface area contributed by atoms with Gasteiger partial charge in [-0.2, -0.15) is 5.10 Å². The Bertz CT molecular complexity index is 618. The molecule has 20 heavy (non-hydrogen) atoms. The zero-order valence-corrected chi connectivity index (χ0v) is 14.2. The van der Waals surface area contributed by atoms with Gasteiger partial charge in [0.05, 0.1) is 5.69 Å². The molecule has 0 amide bonds. The van der Waals surface area contributed by atoms with Crippen molar-refractivity contribution in [2.24, 2.45) is 11.0 Å². The van der Waals surface area contributed by atoms with Crippen LogP contribution in [0.5, 0.6) is 0 Å². The average molecular weight is 397 g/mol. The van der Waals surface area contributed by atoms with E-state index < -0.39 is 0 Å². The lowest BCUT2D eigenvalue weighted by Crippen LogP contribution is -2.04. The fourth-order valence-electron chi connectivity index (χ4n) is 2.37. The van der Waals surface area contributed by atoms with E-state index in [0.717, 1.165) is 22.8 Å². The third kappa shape index (κ3) is 3.20. The monoisotopic (exact) mass is 397 g/mol. The quantitative estimate of drug-likeness (QED) is 0.585. The summed E-state index contributed by atoms with van der Waals surface area (Å²) in [5, 5.41) is 7.45. The number of benzene rings is 1. The van der Waals surface area contributed by atoms with Crippen molar-refractivity contribution in [2.75, 3.05) is 5.43 Å². The Morgan fingerprint density at radius 3 is 2.85 bits per heavy atom. The molecular weight excluding hydrogens is 381 g/mol. The molecule has 3 rings (SSSR count). The fraction of sp³-hybridized carbons (Fsp3) is 0.333. The SMILES string of the molecule is CC1CCC/C1=N\Nc1nc(-c2ccc(I)cc2)cs1. The summed E-state index contributed by atoms with van der Waals surface area (Å²) in [6.45, 7) is 2.24. The predicted octanol–water partition coefficient (Wildman–Crippen LogP) is 5.00. The molecule has 2 aromatic rings. The summed E-state index contributed by atoms with van der Waals surface area (Å²) >= 11 is 3.91. The zero-order chi connectivity index (χ0) is 13.9. The molecule has 1 aliphatic carbocycles. The topological polar surface area (TPSA) is 37.3 Å². The molecule has 5 heteroatoms. The van der Waals surface area contributed by atoms with Gasteiger partial charge in [-0.1, -0.05) is 19.1 Å². The van der Waals surface area contributed by atoms with Crippen LogP contribution in [0.1, 0.15) is 26.2 Å². The molecule has 1 aliphatic rings. The lowest BCUT2D eigenvalue weighted by molar-refractivity contribution is 0.727. The number of hydrogen-bond donors (Lipinski definition) is 1. The van der Waals surface area contributed by atoms with Crippen molar-refractivity contribution in [3.8, 4) is 11.3 Å². The molecule has 1 atom stereocenters. The Labute approximate surface area is 136 Å². The van der Waals surface area contributed by atoms with E-state index in [2.05, 4.69) is 74.7 Å². The van der Waals surface area contributed by atoms with Crippen molar-refractivity contribution in [1.82, 2.24) is 4.98 Å². The van der Waals surface area contributed by atoms with Crippen molar-refractivity contribution in [2.45, 2.75) is 26.2 Å². The molecule has 0 bridgehead atoms. The van der Waals surface area contributed by atoms with Crippen molar-refractivity contribution >= 4 is 44.8 Å². The highest BCUT2D eigenvalue weighted by Crippen LogP contribution is 2.26. The maximum absolute atomic E-state index is 4.59. The number of hydrazone groups is 1. The molecule has 0 spiro atoms. The molecule has 1 aromatic heterocycles. The summed E-state index contributed by atoms with van der Waals surface area (Å²) in [7, 11) is 0. The van der Waals surface area contributed by atoms with Crippen LogP contribution < -0.4 is 5.43 Å². The molecule has 3 nitrogen and oxygen atoms in total. The Kier molecular flexibility index (Phi) is 4.35. The first-order valence-electron chi connectivity index (χ1n) is 6.76. The normalized spacial score (nSPS) is 20.5. The molecule has 0 aliphatic heterocycles. The van der Waals surface area contributed by atoms with Crippen LogP contribution in [0.25, 0.3) is 11.3 Å². The zero-order valence-electron chi connectivity index (χ0n) is 11.3. The second-order valence-electron chi connectivity index (χ2n) is 5.05. The Balaban J connectivity index is 1.72. The minimum absolute atomic E-state index is 0.609. The van der Waals surface area contributed by atoms with E-state index in [4.69, 9.17) is 0 Å².